The summed E-state index contributed by atoms with van der Waals surface area (Å²) in [5, 5.41) is 3.99. The Hall–Kier alpha value is -0.800. The Labute approximate surface area is 116 Å². The molecule has 0 saturated heterocycles. The van der Waals surface area contributed by atoms with Crippen LogP contribution in [0.5, 0.6) is 0 Å². The standard InChI is InChI=1S/C14H24ClN3/c1-5-16-10-13-12(15)6-7-14(17-13)18(4)9-8-11(2)3/h6-7,11,16H,5,8-10H2,1-4H3. The average Bonchev–Trinajstić information content (AvgIpc) is 2.35. The van der Waals surface area contributed by atoms with Crippen molar-refractivity contribution in [3.63, 3.8) is 0 Å². The van der Waals surface area contributed by atoms with Gasteiger partial charge in [0.15, 0.2) is 0 Å². The molecule has 1 N–H and O–H groups in total. The lowest BCUT2D eigenvalue weighted by Gasteiger charge is -2.20. The van der Waals surface area contributed by atoms with Crippen LogP contribution in [0.25, 0.3) is 0 Å². The highest BCUT2D eigenvalue weighted by Crippen LogP contribution is 2.19. The zero-order chi connectivity index (χ0) is 13.5. The van der Waals surface area contributed by atoms with Gasteiger partial charge >= 0.3 is 0 Å². The van der Waals surface area contributed by atoms with Gasteiger partial charge < -0.3 is 10.2 Å². The highest BCUT2D eigenvalue weighted by atomic mass is 35.5. The SMILES string of the molecule is CCNCc1nc(N(C)CCC(C)C)ccc1Cl. The highest BCUT2D eigenvalue weighted by molar-refractivity contribution is 6.31. The van der Waals surface area contributed by atoms with Crippen molar-refractivity contribution in [1.82, 2.24) is 10.3 Å². The largest absolute Gasteiger partial charge is 0.360 e. The zero-order valence-corrected chi connectivity index (χ0v) is 12.6. The monoisotopic (exact) mass is 269 g/mol. The summed E-state index contributed by atoms with van der Waals surface area (Å²) < 4.78 is 0. The number of hydrogen-bond acceptors (Lipinski definition) is 3. The van der Waals surface area contributed by atoms with Crippen molar-refractivity contribution in [1.29, 1.82) is 0 Å². The first-order chi connectivity index (χ1) is 8.54. The fraction of sp³-hybridized carbons (Fsp3) is 0.643. The van der Waals surface area contributed by atoms with E-state index >= 15 is 0 Å². The van der Waals surface area contributed by atoms with Gasteiger partial charge in [-0.15, -0.1) is 0 Å². The summed E-state index contributed by atoms with van der Waals surface area (Å²) in [5.74, 6) is 1.70. The molecular weight excluding hydrogens is 246 g/mol. The maximum Gasteiger partial charge on any atom is 0.128 e. The second kappa shape index (κ2) is 7.59. The van der Waals surface area contributed by atoms with Crippen LogP contribution in [0.4, 0.5) is 5.82 Å². The van der Waals surface area contributed by atoms with Gasteiger partial charge in [-0.2, -0.15) is 0 Å². The molecule has 3 nitrogen and oxygen atoms in total. The number of anilines is 1. The Bertz CT molecular complexity index is 366. The first-order valence-electron chi connectivity index (χ1n) is 6.61. The third kappa shape index (κ3) is 4.83. The van der Waals surface area contributed by atoms with Gasteiger partial charge in [-0.3, -0.25) is 0 Å². The fourth-order valence-electron chi connectivity index (χ4n) is 1.62. The Morgan fingerprint density at radius 3 is 2.72 bits per heavy atom. The second-order valence-electron chi connectivity index (χ2n) is 4.98. The molecule has 4 heteroatoms. The number of pyridine rings is 1. The molecule has 0 fully saturated rings. The average molecular weight is 270 g/mol. The van der Waals surface area contributed by atoms with E-state index in [1.807, 2.05) is 12.1 Å². The predicted molar refractivity (Wildman–Crippen MR) is 79.4 cm³/mol. The Balaban J connectivity index is 2.70. The number of nitrogens with zero attached hydrogens (tertiary/aromatic N) is 2. The minimum absolute atomic E-state index is 0.709. The summed E-state index contributed by atoms with van der Waals surface area (Å²) in [7, 11) is 2.08. The van der Waals surface area contributed by atoms with Crippen molar-refractivity contribution in [2.24, 2.45) is 5.92 Å². The number of rotatable bonds is 7. The Morgan fingerprint density at radius 2 is 2.11 bits per heavy atom. The van der Waals surface area contributed by atoms with Crippen LogP contribution in [0.3, 0.4) is 0 Å². The van der Waals surface area contributed by atoms with Gasteiger partial charge in [0.25, 0.3) is 0 Å². The molecule has 0 unspecified atom stereocenters. The van der Waals surface area contributed by atoms with Crippen LogP contribution in [0.15, 0.2) is 12.1 Å². The van der Waals surface area contributed by atoms with Gasteiger partial charge in [0.2, 0.25) is 0 Å². The second-order valence-corrected chi connectivity index (χ2v) is 5.39. The lowest BCUT2D eigenvalue weighted by Crippen LogP contribution is -2.22. The molecule has 0 spiro atoms. The van der Waals surface area contributed by atoms with Gasteiger partial charge in [0.05, 0.1) is 10.7 Å². The normalized spacial score (nSPS) is 11.0. The zero-order valence-electron chi connectivity index (χ0n) is 11.8. The molecule has 1 aromatic rings. The van der Waals surface area contributed by atoms with Crippen LogP contribution in [0.2, 0.25) is 5.02 Å². The van der Waals surface area contributed by atoms with Crippen molar-refractivity contribution in [2.75, 3.05) is 25.0 Å². The molecule has 0 amide bonds. The van der Waals surface area contributed by atoms with Crippen molar-refractivity contribution in [3.8, 4) is 0 Å². The van der Waals surface area contributed by atoms with E-state index in [0.29, 0.717) is 5.92 Å². The van der Waals surface area contributed by atoms with Gasteiger partial charge in [-0.25, -0.2) is 4.98 Å². The van der Waals surface area contributed by atoms with Crippen LogP contribution in [-0.2, 0) is 6.54 Å². The van der Waals surface area contributed by atoms with E-state index in [4.69, 9.17) is 11.6 Å². The van der Waals surface area contributed by atoms with E-state index < -0.39 is 0 Å². The molecule has 0 bridgehead atoms. The molecule has 18 heavy (non-hydrogen) atoms. The van der Waals surface area contributed by atoms with E-state index in [1.165, 1.54) is 6.42 Å². The molecule has 0 radical (unpaired) electrons. The van der Waals surface area contributed by atoms with Crippen LogP contribution in [0.1, 0.15) is 32.9 Å². The lowest BCUT2D eigenvalue weighted by atomic mass is 10.1. The van der Waals surface area contributed by atoms with E-state index in [1.54, 1.807) is 0 Å². The number of halogens is 1. The maximum absolute atomic E-state index is 6.14. The van der Waals surface area contributed by atoms with Crippen molar-refractivity contribution in [3.05, 3.63) is 22.8 Å². The summed E-state index contributed by atoms with van der Waals surface area (Å²) in [6.45, 7) is 9.21. The predicted octanol–water partition coefficient (Wildman–Crippen LogP) is 3.33. The lowest BCUT2D eigenvalue weighted by molar-refractivity contribution is 0.583. The smallest absolute Gasteiger partial charge is 0.128 e. The summed E-state index contributed by atoms with van der Waals surface area (Å²) in [6, 6.07) is 3.92. The van der Waals surface area contributed by atoms with Crippen LogP contribution in [-0.4, -0.2) is 25.1 Å². The number of hydrogen-bond donors (Lipinski definition) is 1. The molecule has 0 aliphatic carbocycles. The third-order valence-electron chi connectivity index (χ3n) is 2.88. The molecule has 1 rings (SSSR count). The van der Waals surface area contributed by atoms with Crippen LogP contribution in [0, 0.1) is 5.92 Å². The summed E-state index contributed by atoms with van der Waals surface area (Å²) in [5.41, 5.74) is 0.924. The number of nitrogens with one attached hydrogen (secondary N) is 1. The minimum Gasteiger partial charge on any atom is -0.360 e. The van der Waals surface area contributed by atoms with E-state index in [2.05, 4.69) is 43.0 Å². The third-order valence-corrected chi connectivity index (χ3v) is 3.22. The van der Waals surface area contributed by atoms with Gasteiger partial charge in [-0.1, -0.05) is 32.4 Å². The molecule has 1 heterocycles. The molecular formula is C14H24ClN3. The van der Waals surface area contributed by atoms with Gasteiger partial charge in [-0.05, 0) is 31.0 Å². The summed E-state index contributed by atoms with van der Waals surface area (Å²) >= 11 is 6.14. The molecule has 102 valence electrons. The molecule has 0 atom stereocenters. The van der Waals surface area contributed by atoms with Crippen LogP contribution < -0.4 is 10.2 Å². The maximum atomic E-state index is 6.14. The highest BCUT2D eigenvalue weighted by Gasteiger charge is 2.07. The summed E-state index contributed by atoms with van der Waals surface area (Å²) in [6.07, 6.45) is 1.17. The molecule has 1 aromatic heterocycles. The van der Waals surface area contributed by atoms with E-state index in [9.17, 15) is 0 Å². The van der Waals surface area contributed by atoms with Crippen molar-refractivity contribution < 1.29 is 0 Å². The Morgan fingerprint density at radius 1 is 1.39 bits per heavy atom. The van der Waals surface area contributed by atoms with Crippen molar-refractivity contribution in [2.45, 2.75) is 33.7 Å². The van der Waals surface area contributed by atoms with Crippen LogP contribution >= 0.6 is 11.6 Å². The quantitative estimate of drug-likeness (QED) is 0.823. The van der Waals surface area contributed by atoms with E-state index in [-0.39, 0.29) is 0 Å². The number of aromatic nitrogens is 1. The minimum atomic E-state index is 0.709. The first kappa shape index (κ1) is 15.3. The fourth-order valence-corrected chi connectivity index (χ4v) is 1.79. The first-order valence-corrected chi connectivity index (χ1v) is 6.99. The van der Waals surface area contributed by atoms with Gasteiger partial charge in [0, 0.05) is 20.1 Å². The topological polar surface area (TPSA) is 28.2 Å². The molecule has 0 aromatic carbocycles. The van der Waals surface area contributed by atoms with E-state index in [0.717, 1.165) is 36.2 Å². The Kier molecular flexibility index (Phi) is 6.44. The molecule has 0 aliphatic heterocycles. The molecule has 0 aliphatic rings. The summed E-state index contributed by atoms with van der Waals surface area (Å²) in [4.78, 5) is 6.81. The van der Waals surface area contributed by atoms with Crippen molar-refractivity contribution >= 4 is 17.4 Å². The molecule has 0 saturated carbocycles. The van der Waals surface area contributed by atoms with Gasteiger partial charge in [0.1, 0.15) is 5.82 Å².